The molecule has 3 aromatic rings. The molecule has 11 heteroatoms. The van der Waals surface area contributed by atoms with Crippen LogP contribution in [0.3, 0.4) is 0 Å². The summed E-state index contributed by atoms with van der Waals surface area (Å²) in [7, 11) is 0. The Morgan fingerprint density at radius 1 is 0.886 bits per heavy atom. The highest BCUT2D eigenvalue weighted by molar-refractivity contribution is 6.52. The second kappa shape index (κ2) is 9.25. The second-order valence-corrected chi connectivity index (χ2v) is 11.0. The summed E-state index contributed by atoms with van der Waals surface area (Å²) in [5.41, 5.74) is 1.63. The molecule has 4 atom stereocenters. The van der Waals surface area contributed by atoms with Crippen molar-refractivity contribution >= 4 is 75.3 Å². The van der Waals surface area contributed by atoms with Gasteiger partial charge in [0.1, 0.15) is 10.4 Å². The molecule has 2 fully saturated rings. The van der Waals surface area contributed by atoms with Crippen LogP contribution in [-0.4, -0.2) is 22.6 Å². The monoisotopic (exact) mass is 576 g/mol. The molecule has 2 N–H and O–H groups in total. The molecule has 5 rings (SSSR count). The van der Waals surface area contributed by atoms with Crippen LogP contribution in [-0.2, 0) is 4.74 Å². The molecule has 0 spiro atoms. The van der Waals surface area contributed by atoms with Gasteiger partial charge in [-0.2, -0.15) is 0 Å². The number of rotatable bonds is 6. The fraction of sp³-hybridized carbons (Fsp3) is 0.208. The minimum absolute atomic E-state index is 0.0929. The smallest absolute Gasteiger partial charge is 0.257 e. The lowest BCUT2D eigenvalue weighted by Gasteiger charge is -2.10. The van der Waals surface area contributed by atoms with E-state index in [9.17, 15) is 13.6 Å². The Morgan fingerprint density at radius 3 is 2.26 bits per heavy atom. The SMILES string of the molecule is O=C(Nc1ccc(F)c(F)c1)c1cc(NC2OC2C2C(c3cc(Cl)cc(Cl)c3)C2(Cl)Cl)ccc1Cl. The van der Waals surface area contributed by atoms with Crippen molar-refractivity contribution < 1.29 is 18.3 Å². The zero-order valence-electron chi connectivity index (χ0n) is 17.5. The fourth-order valence-corrected chi connectivity index (χ4v) is 5.83. The molecule has 0 radical (unpaired) electrons. The van der Waals surface area contributed by atoms with Crippen LogP contribution in [0, 0.1) is 17.6 Å². The van der Waals surface area contributed by atoms with Gasteiger partial charge in [0, 0.05) is 39.3 Å². The lowest BCUT2D eigenvalue weighted by molar-refractivity contribution is 0.102. The number of epoxide rings is 1. The van der Waals surface area contributed by atoms with Gasteiger partial charge in [-0.15, -0.1) is 23.2 Å². The number of hydrogen-bond donors (Lipinski definition) is 2. The third-order valence-electron chi connectivity index (χ3n) is 5.93. The number of hydrogen-bond acceptors (Lipinski definition) is 3. The van der Waals surface area contributed by atoms with Crippen molar-refractivity contribution in [1.82, 2.24) is 0 Å². The van der Waals surface area contributed by atoms with E-state index in [4.69, 9.17) is 62.7 Å². The van der Waals surface area contributed by atoms with E-state index in [1.165, 1.54) is 12.1 Å². The Labute approximate surface area is 224 Å². The molecule has 0 aromatic heterocycles. The molecule has 1 saturated heterocycles. The third kappa shape index (κ3) is 5.06. The van der Waals surface area contributed by atoms with E-state index in [0.29, 0.717) is 15.7 Å². The van der Waals surface area contributed by atoms with E-state index in [1.807, 2.05) is 0 Å². The summed E-state index contributed by atoms with van der Waals surface area (Å²) in [6.45, 7) is 0. The van der Waals surface area contributed by atoms with Gasteiger partial charge in [0.05, 0.1) is 10.6 Å². The normalized spacial score (nSPS) is 24.1. The van der Waals surface area contributed by atoms with E-state index in [1.54, 1.807) is 30.3 Å². The van der Waals surface area contributed by atoms with Crippen LogP contribution < -0.4 is 10.6 Å². The molecule has 182 valence electrons. The largest absolute Gasteiger partial charge is 0.358 e. The highest BCUT2D eigenvalue weighted by atomic mass is 35.5. The molecule has 4 nitrogen and oxygen atoms in total. The Hall–Kier alpha value is -1.80. The zero-order chi connectivity index (χ0) is 25.1. The van der Waals surface area contributed by atoms with Crippen molar-refractivity contribution in [2.24, 2.45) is 5.92 Å². The number of halogens is 7. The number of alkyl halides is 2. The van der Waals surface area contributed by atoms with Crippen LogP contribution >= 0.6 is 58.0 Å². The first-order valence-corrected chi connectivity index (χ1v) is 12.3. The number of carbonyl (C=O) groups excluding carboxylic acids is 1. The number of nitrogens with one attached hydrogen (secondary N) is 2. The van der Waals surface area contributed by atoms with Crippen molar-refractivity contribution in [2.75, 3.05) is 10.6 Å². The molecule has 4 unspecified atom stereocenters. The average Bonchev–Trinajstić information content (AvgIpc) is 3.65. The standard InChI is InChI=1S/C24H15Cl5F2N2O2/c25-11-5-10(6-12(26)7-11)19-20(24(19,28)29)21-23(35-21)33-13-1-3-16(27)15(8-13)22(34)32-14-2-4-17(30)18(31)9-14/h1-9,19-21,23,33H,(H,32,34). The van der Waals surface area contributed by atoms with E-state index in [0.717, 1.165) is 17.7 Å². The van der Waals surface area contributed by atoms with Crippen LogP contribution in [0.5, 0.6) is 0 Å². The number of ether oxygens (including phenoxy) is 1. The van der Waals surface area contributed by atoms with Gasteiger partial charge in [-0.1, -0.05) is 34.8 Å². The van der Waals surface area contributed by atoms with Gasteiger partial charge in [0.15, 0.2) is 17.9 Å². The lowest BCUT2D eigenvalue weighted by atomic mass is 10.1. The number of carbonyl (C=O) groups is 1. The maximum Gasteiger partial charge on any atom is 0.257 e. The number of amides is 1. The van der Waals surface area contributed by atoms with Crippen LogP contribution in [0.1, 0.15) is 21.8 Å². The number of benzene rings is 3. The minimum Gasteiger partial charge on any atom is -0.358 e. The summed E-state index contributed by atoms with van der Waals surface area (Å²) in [5.74, 6) is -3.07. The molecular weight excluding hydrogens is 564 g/mol. The lowest BCUT2D eigenvalue weighted by Crippen LogP contribution is -2.14. The molecule has 1 saturated carbocycles. The summed E-state index contributed by atoms with van der Waals surface area (Å²) < 4.78 is 31.3. The van der Waals surface area contributed by atoms with Gasteiger partial charge >= 0.3 is 0 Å². The summed E-state index contributed by atoms with van der Waals surface area (Å²) in [6, 6.07) is 13.0. The summed E-state index contributed by atoms with van der Waals surface area (Å²) >= 11 is 31.5. The Morgan fingerprint density at radius 2 is 1.57 bits per heavy atom. The van der Waals surface area contributed by atoms with Crippen molar-refractivity contribution in [3.05, 3.63) is 92.4 Å². The fourth-order valence-electron chi connectivity index (χ4n) is 4.18. The predicted octanol–water partition coefficient (Wildman–Crippen LogP) is 7.90. The van der Waals surface area contributed by atoms with E-state index < -0.39 is 21.9 Å². The van der Waals surface area contributed by atoms with Crippen LogP contribution in [0.2, 0.25) is 15.1 Å². The van der Waals surface area contributed by atoms with Crippen molar-refractivity contribution in [2.45, 2.75) is 22.6 Å². The molecule has 0 bridgehead atoms. The molecule has 1 aliphatic carbocycles. The molecule has 1 aliphatic heterocycles. The van der Waals surface area contributed by atoms with Gasteiger partial charge in [-0.25, -0.2) is 8.78 Å². The van der Waals surface area contributed by atoms with Crippen molar-refractivity contribution in [3.8, 4) is 0 Å². The molecule has 3 aromatic carbocycles. The summed E-state index contributed by atoms with van der Waals surface area (Å²) in [5, 5.41) is 6.85. The van der Waals surface area contributed by atoms with Crippen LogP contribution in [0.4, 0.5) is 20.2 Å². The molecular formula is C24H15Cl5F2N2O2. The minimum atomic E-state index is -1.07. The highest BCUT2D eigenvalue weighted by Crippen LogP contribution is 2.69. The van der Waals surface area contributed by atoms with E-state index in [2.05, 4.69) is 10.6 Å². The van der Waals surface area contributed by atoms with Gasteiger partial charge < -0.3 is 15.4 Å². The quantitative estimate of drug-likeness (QED) is 0.231. The highest BCUT2D eigenvalue weighted by Gasteiger charge is 2.72. The van der Waals surface area contributed by atoms with Crippen LogP contribution in [0.15, 0.2) is 54.6 Å². The topological polar surface area (TPSA) is 53.7 Å². The Kier molecular flexibility index (Phi) is 6.58. The Bertz CT molecular complexity index is 1320. The summed E-state index contributed by atoms with van der Waals surface area (Å²) in [6.07, 6.45) is -0.664. The Balaban J connectivity index is 1.27. The maximum atomic E-state index is 13.5. The maximum absolute atomic E-state index is 13.5. The van der Waals surface area contributed by atoms with E-state index >= 15 is 0 Å². The first-order valence-electron chi connectivity index (χ1n) is 10.4. The molecule has 35 heavy (non-hydrogen) atoms. The molecule has 1 heterocycles. The van der Waals surface area contributed by atoms with Gasteiger partial charge in [-0.3, -0.25) is 4.79 Å². The van der Waals surface area contributed by atoms with E-state index in [-0.39, 0.29) is 40.4 Å². The van der Waals surface area contributed by atoms with Gasteiger partial charge in [-0.05, 0) is 54.1 Å². The van der Waals surface area contributed by atoms with Crippen molar-refractivity contribution in [1.29, 1.82) is 0 Å². The summed E-state index contributed by atoms with van der Waals surface area (Å²) in [4.78, 5) is 12.7. The zero-order valence-corrected chi connectivity index (χ0v) is 21.2. The number of anilines is 2. The molecule has 1 amide bonds. The average molecular weight is 579 g/mol. The van der Waals surface area contributed by atoms with Gasteiger partial charge in [0.25, 0.3) is 5.91 Å². The second-order valence-electron chi connectivity index (χ2n) is 8.32. The third-order valence-corrected chi connectivity index (χ3v) is 7.67. The van der Waals surface area contributed by atoms with Crippen molar-refractivity contribution in [3.63, 3.8) is 0 Å². The first kappa shape index (κ1) is 24.9. The van der Waals surface area contributed by atoms with Gasteiger partial charge in [0.2, 0.25) is 0 Å². The molecule has 2 aliphatic rings. The first-order chi connectivity index (χ1) is 16.5. The van der Waals surface area contributed by atoms with Crippen LogP contribution in [0.25, 0.3) is 0 Å². The predicted molar refractivity (Wildman–Crippen MR) is 135 cm³/mol.